The summed E-state index contributed by atoms with van der Waals surface area (Å²) in [6, 6.07) is 9.76. The van der Waals surface area contributed by atoms with Gasteiger partial charge in [0.15, 0.2) is 0 Å². The summed E-state index contributed by atoms with van der Waals surface area (Å²) in [5.41, 5.74) is 0.593. The molecule has 6 nitrogen and oxygen atoms in total. The SMILES string of the molecule is CC1CCC(CO)(Nc2nnnn2-c2ccccc2)CC1. The molecule has 0 unspecified atom stereocenters. The van der Waals surface area contributed by atoms with Gasteiger partial charge in [-0.2, -0.15) is 4.68 Å². The maximum absolute atomic E-state index is 9.85. The predicted octanol–water partition coefficient (Wildman–Crippen LogP) is 2.02. The number of nitrogens with zero attached hydrogens (tertiary/aromatic N) is 4. The van der Waals surface area contributed by atoms with E-state index in [1.165, 1.54) is 0 Å². The van der Waals surface area contributed by atoms with Gasteiger partial charge in [-0.15, -0.1) is 0 Å². The largest absolute Gasteiger partial charge is 0.394 e. The Kier molecular flexibility index (Phi) is 3.88. The summed E-state index contributed by atoms with van der Waals surface area (Å²) in [6.45, 7) is 2.36. The molecular weight excluding hydrogens is 266 g/mol. The number of para-hydroxylation sites is 1. The first-order chi connectivity index (χ1) is 10.2. The number of tetrazole rings is 1. The van der Waals surface area contributed by atoms with Crippen LogP contribution in [0.2, 0.25) is 0 Å². The van der Waals surface area contributed by atoms with E-state index < -0.39 is 0 Å². The van der Waals surface area contributed by atoms with Gasteiger partial charge < -0.3 is 10.4 Å². The van der Waals surface area contributed by atoms with E-state index in [2.05, 4.69) is 27.8 Å². The minimum atomic E-state index is -0.312. The fourth-order valence-electron chi connectivity index (χ4n) is 2.88. The third-order valence-corrected chi connectivity index (χ3v) is 4.38. The summed E-state index contributed by atoms with van der Waals surface area (Å²) in [4.78, 5) is 0. The lowest BCUT2D eigenvalue weighted by atomic mass is 9.77. The van der Waals surface area contributed by atoms with Crippen LogP contribution in [0.15, 0.2) is 30.3 Å². The van der Waals surface area contributed by atoms with Crippen molar-refractivity contribution in [2.24, 2.45) is 5.92 Å². The Morgan fingerprint density at radius 2 is 2.00 bits per heavy atom. The Labute approximate surface area is 124 Å². The lowest BCUT2D eigenvalue weighted by Crippen LogP contribution is -2.45. The van der Waals surface area contributed by atoms with E-state index in [4.69, 9.17) is 0 Å². The Bertz CT molecular complexity index is 575. The second-order valence-corrected chi connectivity index (χ2v) is 6.00. The molecule has 1 heterocycles. The highest BCUT2D eigenvalue weighted by Crippen LogP contribution is 2.34. The van der Waals surface area contributed by atoms with Crippen molar-refractivity contribution in [3.05, 3.63) is 30.3 Å². The van der Waals surface area contributed by atoms with Gasteiger partial charge in [-0.25, -0.2) is 0 Å². The average molecular weight is 287 g/mol. The normalized spacial score (nSPS) is 25.7. The molecule has 1 aliphatic carbocycles. The van der Waals surface area contributed by atoms with Gasteiger partial charge in [-0.1, -0.05) is 30.2 Å². The van der Waals surface area contributed by atoms with Crippen LogP contribution < -0.4 is 5.32 Å². The quantitative estimate of drug-likeness (QED) is 0.899. The summed E-state index contributed by atoms with van der Waals surface area (Å²) in [7, 11) is 0. The molecule has 3 rings (SSSR count). The van der Waals surface area contributed by atoms with Crippen LogP contribution in [0.1, 0.15) is 32.6 Å². The minimum Gasteiger partial charge on any atom is -0.394 e. The zero-order valence-corrected chi connectivity index (χ0v) is 12.2. The molecule has 1 aromatic heterocycles. The lowest BCUT2D eigenvalue weighted by molar-refractivity contribution is 0.154. The number of benzene rings is 1. The molecule has 0 radical (unpaired) electrons. The lowest BCUT2D eigenvalue weighted by Gasteiger charge is -2.38. The van der Waals surface area contributed by atoms with Gasteiger partial charge in [-0.05, 0) is 54.2 Å². The molecule has 21 heavy (non-hydrogen) atoms. The van der Waals surface area contributed by atoms with E-state index in [1.54, 1.807) is 4.68 Å². The van der Waals surface area contributed by atoms with Crippen molar-refractivity contribution in [2.75, 3.05) is 11.9 Å². The van der Waals surface area contributed by atoms with E-state index in [9.17, 15) is 5.11 Å². The molecule has 0 bridgehead atoms. The summed E-state index contributed by atoms with van der Waals surface area (Å²) in [5.74, 6) is 1.31. The van der Waals surface area contributed by atoms with Crippen LogP contribution >= 0.6 is 0 Å². The second-order valence-electron chi connectivity index (χ2n) is 6.00. The summed E-state index contributed by atoms with van der Waals surface area (Å²) in [5, 5.41) is 25.1. The Balaban J connectivity index is 1.84. The van der Waals surface area contributed by atoms with E-state index >= 15 is 0 Å². The summed E-state index contributed by atoms with van der Waals surface area (Å²) >= 11 is 0. The predicted molar refractivity (Wildman–Crippen MR) is 80.2 cm³/mol. The number of anilines is 1. The molecule has 1 fully saturated rings. The van der Waals surface area contributed by atoms with E-state index in [0.29, 0.717) is 5.95 Å². The number of nitrogens with one attached hydrogen (secondary N) is 1. The molecule has 0 atom stereocenters. The van der Waals surface area contributed by atoms with Crippen molar-refractivity contribution in [1.82, 2.24) is 20.2 Å². The highest BCUT2D eigenvalue weighted by Gasteiger charge is 2.35. The smallest absolute Gasteiger partial charge is 0.248 e. The highest BCUT2D eigenvalue weighted by molar-refractivity contribution is 5.40. The molecule has 0 saturated heterocycles. The maximum Gasteiger partial charge on any atom is 0.248 e. The number of rotatable bonds is 4. The third kappa shape index (κ3) is 2.90. The van der Waals surface area contributed by atoms with Crippen LogP contribution in [0.5, 0.6) is 0 Å². The second kappa shape index (κ2) is 5.81. The standard InChI is InChI=1S/C15H21N5O/c1-12-7-9-15(11-21,10-8-12)16-14-17-18-19-20(14)13-5-3-2-4-6-13/h2-6,12,21H,7-11H2,1H3,(H,16,17,19). The molecule has 6 heteroatoms. The van der Waals surface area contributed by atoms with E-state index in [-0.39, 0.29) is 12.1 Å². The van der Waals surface area contributed by atoms with E-state index in [0.717, 1.165) is 37.3 Å². The fraction of sp³-hybridized carbons (Fsp3) is 0.533. The van der Waals surface area contributed by atoms with Gasteiger partial charge in [0.25, 0.3) is 0 Å². The molecule has 0 spiro atoms. The first-order valence-electron chi connectivity index (χ1n) is 7.45. The van der Waals surface area contributed by atoms with Crippen molar-refractivity contribution >= 4 is 5.95 Å². The first-order valence-corrected chi connectivity index (χ1v) is 7.45. The number of aliphatic hydroxyl groups excluding tert-OH is 1. The van der Waals surface area contributed by atoms with Crippen LogP contribution in [0, 0.1) is 5.92 Å². The van der Waals surface area contributed by atoms with Crippen LogP contribution in [0.4, 0.5) is 5.95 Å². The van der Waals surface area contributed by atoms with Gasteiger partial charge in [0.1, 0.15) is 0 Å². The van der Waals surface area contributed by atoms with Gasteiger partial charge in [0.2, 0.25) is 5.95 Å². The Morgan fingerprint density at radius 1 is 1.29 bits per heavy atom. The maximum atomic E-state index is 9.85. The average Bonchev–Trinajstić information content (AvgIpc) is 2.99. The molecule has 0 aliphatic heterocycles. The first kappa shape index (κ1) is 14.0. The molecular formula is C15H21N5O. The summed E-state index contributed by atoms with van der Waals surface area (Å²) in [6.07, 6.45) is 4.10. The van der Waals surface area contributed by atoms with Gasteiger partial charge >= 0.3 is 0 Å². The van der Waals surface area contributed by atoms with Crippen LogP contribution in [0.3, 0.4) is 0 Å². The van der Waals surface area contributed by atoms with Gasteiger partial charge in [-0.3, -0.25) is 0 Å². The molecule has 1 aromatic carbocycles. The molecule has 0 amide bonds. The number of hydrogen-bond donors (Lipinski definition) is 2. The number of aliphatic hydroxyl groups is 1. The van der Waals surface area contributed by atoms with Crippen molar-refractivity contribution in [2.45, 2.75) is 38.1 Å². The van der Waals surface area contributed by atoms with Crippen molar-refractivity contribution in [3.63, 3.8) is 0 Å². The Morgan fingerprint density at radius 3 is 2.67 bits per heavy atom. The zero-order valence-electron chi connectivity index (χ0n) is 12.2. The number of aromatic nitrogens is 4. The topological polar surface area (TPSA) is 75.9 Å². The van der Waals surface area contributed by atoms with Crippen molar-refractivity contribution < 1.29 is 5.11 Å². The van der Waals surface area contributed by atoms with Crippen LogP contribution in [-0.2, 0) is 0 Å². The van der Waals surface area contributed by atoms with Crippen molar-refractivity contribution in [3.8, 4) is 5.69 Å². The van der Waals surface area contributed by atoms with Gasteiger partial charge in [0, 0.05) is 0 Å². The third-order valence-electron chi connectivity index (χ3n) is 4.38. The van der Waals surface area contributed by atoms with Gasteiger partial charge in [0.05, 0.1) is 17.8 Å². The van der Waals surface area contributed by atoms with Crippen LogP contribution in [0.25, 0.3) is 5.69 Å². The Hall–Kier alpha value is -1.95. The molecule has 112 valence electrons. The molecule has 1 aliphatic rings. The minimum absolute atomic E-state index is 0.0986. The molecule has 2 N–H and O–H groups in total. The molecule has 1 saturated carbocycles. The molecule has 2 aromatic rings. The number of hydrogen-bond acceptors (Lipinski definition) is 5. The highest BCUT2D eigenvalue weighted by atomic mass is 16.3. The monoisotopic (exact) mass is 287 g/mol. The van der Waals surface area contributed by atoms with Crippen LogP contribution in [-0.4, -0.2) is 37.5 Å². The summed E-state index contributed by atoms with van der Waals surface area (Å²) < 4.78 is 1.68. The zero-order chi connectivity index (χ0) is 14.7. The fourth-order valence-corrected chi connectivity index (χ4v) is 2.88. The van der Waals surface area contributed by atoms with E-state index in [1.807, 2.05) is 30.3 Å². The van der Waals surface area contributed by atoms with Crippen molar-refractivity contribution in [1.29, 1.82) is 0 Å².